The van der Waals surface area contributed by atoms with E-state index in [9.17, 15) is 9.59 Å². The summed E-state index contributed by atoms with van der Waals surface area (Å²) < 4.78 is 10.0. The molecule has 108 valence electrons. The van der Waals surface area contributed by atoms with Gasteiger partial charge in [-0.1, -0.05) is 15.9 Å². The number of carbonyl (C=O) groups is 2. The summed E-state index contributed by atoms with van der Waals surface area (Å²) in [5.41, 5.74) is 2.73. The van der Waals surface area contributed by atoms with Gasteiger partial charge in [0.1, 0.15) is 5.70 Å². The maximum atomic E-state index is 11.7. The molecule has 1 aromatic rings. The van der Waals surface area contributed by atoms with Crippen molar-refractivity contribution < 1.29 is 19.1 Å². The van der Waals surface area contributed by atoms with Crippen LogP contribution in [-0.4, -0.2) is 26.2 Å². The van der Waals surface area contributed by atoms with Crippen LogP contribution in [0.1, 0.15) is 11.1 Å². The van der Waals surface area contributed by atoms with Gasteiger partial charge in [-0.05, 0) is 37.1 Å². The summed E-state index contributed by atoms with van der Waals surface area (Å²) in [7, 11) is 2.48. The lowest BCUT2D eigenvalue weighted by Gasteiger charge is -2.13. The van der Waals surface area contributed by atoms with E-state index in [0.29, 0.717) is 5.69 Å². The number of nitrogens with one attached hydrogen (secondary N) is 1. The Kier molecular flexibility index (Phi) is 5.76. The highest BCUT2D eigenvalue weighted by Crippen LogP contribution is 2.25. The number of benzene rings is 1. The third kappa shape index (κ3) is 4.09. The van der Waals surface area contributed by atoms with Crippen molar-refractivity contribution in [2.24, 2.45) is 0 Å². The third-order valence-corrected chi connectivity index (χ3v) is 3.23. The molecule has 1 N–H and O–H groups in total. The molecule has 0 radical (unpaired) electrons. The van der Waals surface area contributed by atoms with E-state index < -0.39 is 11.9 Å². The van der Waals surface area contributed by atoms with Crippen LogP contribution >= 0.6 is 15.9 Å². The van der Waals surface area contributed by atoms with Crippen molar-refractivity contribution in [1.29, 1.82) is 0 Å². The van der Waals surface area contributed by atoms with Crippen molar-refractivity contribution in [3.05, 3.63) is 39.5 Å². The Morgan fingerprint density at radius 3 is 2.40 bits per heavy atom. The molecular formula is C14H16BrNO4. The van der Waals surface area contributed by atoms with Gasteiger partial charge in [0.15, 0.2) is 0 Å². The largest absolute Gasteiger partial charge is 0.466 e. The number of hydrogen-bond acceptors (Lipinski definition) is 5. The van der Waals surface area contributed by atoms with Gasteiger partial charge in [0.05, 0.1) is 20.3 Å². The van der Waals surface area contributed by atoms with Crippen molar-refractivity contribution in [2.45, 2.75) is 13.8 Å². The predicted molar refractivity (Wildman–Crippen MR) is 79.4 cm³/mol. The maximum absolute atomic E-state index is 11.7. The standard InChI is InChI=1S/C14H16BrNO4/c1-8-5-10(15)6-11(9(8)2)16-12(14(18)20-4)7-13(17)19-3/h5-7,16H,1-4H3/b12-7+. The van der Waals surface area contributed by atoms with E-state index in [1.54, 1.807) is 0 Å². The fourth-order valence-corrected chi connectivity index (χ4v) is 2.10. The molecule has 20 heavy (non-hydrogen) atoms. The highest BCUT2D eigenvalue weighted by atomic mass is 79.9. The lowest BCUT2D eigenvalue weighted by molar-refractivity contribution is -0.138. The van der Waals surface area contributed by atoms with E-state index >= 15 is 0 Å². The lowest BCUT2D eigenvalue weighted by Crippen LogP contribution is -2.16. The molecule has 0 saturated heterocycles. The van der Waals surface area contributed by atoms with Gasteiger partial charge >= 0.3 is 11.9 Å². The second-order valence-electron chi connectivity index (χ2n) is 4.09. The average Bonchev–Trinajstić information content (AvgIpc) is 2.42. The number of rotatable bonds is 4. The Balaban J connectivity index is 3.17. The Labute approximate surface area is 126 Å². The summed E-state index contributed by atoms with van der Waals surface area (Å²) in [6, 6.07) is 3.78. The SMILES string of the molecule is COC(=O)/C=C(/Nc1cc(Br)cc(C)c1C)C(=O)OC. The second-order valence-corrected chi connectivity index (χ2v) is 5.01. The van der Waals surface area contributed by atoms with Crippen LogP contribution < -0.4 is 5.32 Å². The molecule has 1 rings (SSSR count). The summed E-state index contributed by atoms with van der Waals surface area (Å²) in [4.78, 5) is 23.0. The van der Waals surface area contributed by atoms with Crippen molar-refractivity contribution >= 4 is 33.6 Å². The monoisotopic (exact) mass is 341 g/mol. The van der Waals surface area contributed by atoms with Crippen LogP contribution in [0.5, 0.6) is 0 Å². The first-order valence-corrected chi connectivity index (χ1v) is 6.60. The van der Waals surface area contributed by atoms with Crippen LogP contribution in [0.4, 0.5) is 5.69 Å². The molecule has 0 aliphatic rings. The van der Waals surface area contributed by atoms with Gasteiger partial charge in [-0.15, -0.1) is 0 Å². The molecule has 0 saturated carbocycles. The van der Waals surface area contributed by atoms with Gasteiger partial charge in [-0.25, -0.2) is 9.59 Å². The minimum atomic E-state index is -0.646. The van der Waals surface area contributed by atoms with E-state index in [1.165, 1.54) is 14.2 Å². The number of methoxy groups -OCH3 is 2. The van der Waals surface area contributed by atoms with Crippen LogP contribution in [0.15, 0.2) is 28.4 Å². The van der Waals surface area contributed by atoms with E-state index in [4.69, 9.17) is 0 Å². The first-order chi connectivity index (χ1) is 9.38. The molecule has 0 fully saturated rings. The molecule has 0 aliphatic carbocycles. The van der Waals surface area contributed by atoms with Crippen LogP contribution in [0, 0.1) is 13.8 Å². The third-order valence-electron chi connectivity index (χ3n) is 2.77. The van der Waals surface area contributed by atoms with Crippen LogP contribution in [0.2, 0.25) is 0 Å². The number of anilines is 1. The zero-order valence-electron chi connectivity index (χ0n) is 11.7. The Morgan fingerprint density at radius 2 is 1.85 bits per heavy atom. The number of esters is 2. The quantitative estimate of drug-likeness (QED) is 0.673. The molecular weight excluding hydrogens is 326 g/mol. The Hall–Kier alpha value is -1.82. The summed E-state index contributed by atoms with van der Waals surface area (Å²) in [5, 5.41) is 2.90. The fourth-order valence-electron chi connectivity index (χ4n) is 1.52. The molecule has 0 spiro atoms. The molecule has 0 aromatic heterocycles. The Morgan fingerprint density at radius 1 is 1.20 bits per heavy atom. The minimum absolute atomic E-state index is 0.0138. The van der Waals surface area contributed by atoms with Gasteiger partial charge in [0.2, 0.25) is 0 Å². The summed E-state index contributed by atoms with van der Waals surface area (Å²) in [5.74, 6) is -1.28. The smallest absolute Gasteiger partial charge is 0.354 e. The normalized spacial score (nSPS) is 10.9. The minimum Gasteiger partial charge on any atom is -0.466 e. The number of hydrogen-bond donors (Lipinski definition) is 1. The zero-order chi connectivity index (χ0) is 15.3. The molecule has 6 heteroatoms. The van der Waals surface area contributed by atoms with Gasteiger partial charge in [0, 0.05) is 10.2 Å². The first-order valence-electron chi connectivity index (χ1n) is 5.80. The molecule has 1 aromatic carbocycles. The summed E-state index contributed by atoms with van der Waals surface area (Å²) in [6.07, 6.45) is 1.06. The predicted octanol–water partition coefficient (Wildman–Crippen LogP) is 2.71. The van der Waals surface area contributed by atoms with E-state index in [2.05, 4.69) is 30.7 Å². The van der Waals surface area contributed by atoms with Crippen LogP contribution in [0.3, 0.4) is 0 Å². The summed E-state index contributed by atoms with van der Waals surface area (Å²) in [6.45, 7) is 3.87. The van der Waals surface area contributed by atoms with Gasteiger partial charge in [0.25, 0.3) is 0 Å². The number of aryl methyl sites for hydroxylation is 1. The van der Waals surface area contributed by atoms with Crippen LogP contribution in [-0.2, 0) is 19.1 Å². The van der Waals surface area contributed by atoms with Crippen LogP contribution in [0.25, 0.3) is 0 Å². The highest BCUT2D eigenvalue weighted by Gasteiger charge is 2.14. The molecule has 0 aliphatic heterocycles. The number of halogens is 1. The van der Waals surface area contributed by atoms with Gasteiger partial charge in [-0.2, -0.15) is 0 Å². The molecule has 0 unspecified atom stereocenters. The van der Waals surface area contributed by atoms with E-state index in [1.807, 2.05) is 26.0 Å². The topological polar surface area (TPSA) is 64.6 Å². The first kappa shape index (κ1) is 16.2. The average molecular weight is 342 g/mol. The molecule has 0 amide bonds. The molecule has 5 nitrogen and oxygen atoms in total. The molecule has 0 heterocycles. The maximum Gasteiger partial charge on any atom is 0.354 e. The van der Waals surface area contributed by atoms with Crippen molar-refractivity contribution in [1.82, 2.24) is 0 Å². The Bertz CT molecular complexity index is 567. The fraction of sp³-hybridized carbons (Fsp3) is 0.286. The highest BCUT2D eigenvalue weighted by molar-refractivity contribution is 9.10. The molecule has 0 bridgehead atoms. The van der Waals surface area contributed by atoms with E-state index in [-0.39, 0.29) is 5.70 Å². The van der Waals surface area contributed by atoms with Crippen molar-refractivity contribution in [2.75, 3.05) is 19.5 Å². The van der Waals surface area contributed by atoms with Crippen molar-refractivity contribution in [3.8, 4) is 0 Å². The number of carbonyl (C=O) groups excluding carboxylic acids is 2. The molecule has 0 atom stereocenters. The van der Waals surface area contributed by atoms with Crippen molar-refractivity contribution in [3.63, 3.8) is 0 Å². The van der Waals surface area contributed by atoms with E-state index in [0.717, 1.165) is 21.7 Å². The van der Waals surface area contributed by atoms with Gasteiger partial charge < -0.3 is 14.8 Å². The lowest BCUT2D eigenvalue weighted by atomic mass is 10.1. The van der Waals surface area contributed by atoms with Gasteiger partial charge in [-0.3, -0.25) is 0 Å². The second kappa shape index (κ2) is 7.09. The number of ether oxygens (including phenoxy) is 2. The zero-order valence-corrected chi connectivity index (χ0v) is 13.3. The summed E-state index contributed by atoms with van der Waals surface area (Å²) >= 11 is 3.39.